The monoisotopic (exact) mass is 215 g/mol. The van der Waals surface area contributed by atoms with Crippen molar-refractivity contribution in [3.05, 3.63) is 0 Å². The molecule has 5 heteroatoms. The summed E-state index contributed by atoms with van der Waals surface area (Å²) < 4.78 is 5.29. The summed E-state index contributed by atoms with van der Waals surface area (Å²) in [6.45, 7) is 4.78. The highest BCUT2D eigenvalue weighted by atomic mass is 16.5. The zero-order valence-corrected chi connectivity index (χ0v) is 9.28. The number of nitrogens with two attached hydrogens (primary N) is 1. The molecule has 1 atom stereocenters. The van der Waals surface area contributed by atoms with Crippen LogP contribution in [0.1, 0.15) is 26.2 Å². The van der Waals surface area contributed by atoms with E-state index < -0.39 is 0 Å². The van der Waals surface area contributed by atoms with Gasteiger partial charge in [-0.3, -0.25) is 0 Å². The van der Waals surface area contributed by atoms with Crippen LogP contribution >= 0.6 is 0 Å². The Kier molecular flexibility index (Phi) is 5.42. The van der Waals surface area contributed by atoms with Gasteiger partial charge in [-0.1, -0.05) is 5.16 Å². The lowest BCUT2D eigenvalue weighted by atomic mass is 10.00. The lowest BCUT2D eigenvalue weighted by Crippen LogP contribution is -2.36. The summed E-state index contributed by atoms with van der Waals surface area (Å²) in [5.74, 6) is 0.982. The lowest BCUT2D eigenvalue weighted by molar-refractivity contribution is 0.0656. The largest absolute Gasteiger partial charge is 0.409 e. The van der Waals surface area contributed by atoms with Gasteiger partial charge in [0.1, 0.15) is 5.84 Å². The third kappa shape index (κ3) is 4.99. The zero-order chi connectivity index (χ0) is 11.1. The molecule has 0 spiro atoms. The molecule has 0 bridgehead atoms. The highest BCUT2D eigenvalue weighted by Gasteiger charge is 2.14. The summed E-state index contributed by atoms with van der Waals surface area (Å²) in [6.07, 6.45) is 2.84. The molecule has 0 aromatic carbocycles. The van der Waals surface area contributed by atoms with E-state index in [0.29, 0.717) is 12.3 Å². The number of hydrogen-bond acceptors (Lipinski definition) is 4. The Bertz CT molecular complexity index is 203. The first-order chi connectivity index (χ1) is 7.22. The molecule has 0 amide bonds. The van der Waals surface area contributed by atoms with Gasteiger partial charge in [0.2, 0.25) is 0 Å². The molecule has 0 aromatic heterocycles. The minimum absolute atomic E-state index is 0.253. The third-order valence-electron chi connectivity index (χ3n) is 2.74. The van der Waals surface area contributed by atoms with E-state index in [4.69, 9.17) is 15.7 Å². The fraction of sp³-hybridized carbons (Fsp3) is 0.900. The Morgan fingerprint density at radius 1 is 1.60 bits per heavy atom. The molecule has 5 nitrogen and oxygen atoms in total. The Hall–Kier alpha value is -0.810. The van der Waals surface area contributed by atoms with Crippen LogP contribution in [-0.4, -0.2) is 36.8 Å². The minimum Gasteiger partial charge on any atom is -0.409 e. The van der Waals surface area contributed by atoms with Gasteiger partial charge in [0.05, 0.1) is 0 Å². The van der Waals surface area contributed by atoms with Gasteiger partial charge in [0, 0.05) is 25.7 Å². The first kappa shape index (κ1) is 12.3. The fourth-order valence-corrected chi connectivity index (χ4v) is 1.75. The summed E-state index contributed by atoms with van der Waals surface area (Å²) in [6, 6.07) is 0.253. The molecule has 0 aromatic rings. The molecule has 1 unspecified atom stereocenters. The van der Waals surface area contributed by atoms with Gasteiger partial charge >= 0.3 is 0 Å². The predicted octanol–water partition coefficient (Wildman–Crippen LogP) is 0.528. The SMILES string of the molecule is CC(CC(N)=NO)NCC1CCOCC1. The molecule has 0 aliphatic carbocycles. The molecule has 88 valence electrons. The average Bonchev–Trinajstić information content (AvgIpc) is 2.27. The lowest BCUT2D eigenvalue weighted by Gasteiger charge is -2.24. The van der Waals surface area contributed by atoms with Crippen molar-refractivity contribution in [3.63, 3.8) is 0 Å². The maximum absolute atomic E-state index is 8.42. The summed E-state index contributed by atoms with van der Waals surface area (Å²) in [5, 5.41) is 14.8. The highest BCUT2D eigenvalue weighted by Crippen LogP contribution is 2.13. The van der Waals surface area contributed by atoms with Gasteiger partial charge in [-0.15, -0.1) is 0 Å². The Labute approximate surface area is 90.7 Å². The molecule has 1 rings (SSSR count). The van der Waals surface area contributed by atoms with Crippen molar-refractivity contribution in [3.8, 4) is 0 Å². The molecule has 0 radical (unpaired) electrons. The van der Waals surface area contributed by atoms with E-state index in [0.717, 1.165) is 32.6 Å². The van der Waals surface area contributed by atoms with E-state index in [9.17, 15) is 0 Å². The van der Waals surface area contributed by atoms with Crippen LogP contribution in [0.2, 0.25) is 0 Å². The van der Waals surface area contributed by atoms with E-state index >= 15 is 0 Å². The molecule has 0 saturated carbocycles. The van der Waals surface area contributed by atoms with Crippen LogP contribution in [0, 0.1) is 5.92 Å². The van der Waals surface area contributed by atoms with Crippen LogP contribution in [-0.2, 0) is 4.74 Å². The topological polar surface area (TPSA) is 79.9 Å². The predicted molar refractivity (Wildman–Crippen MR) is 59.0 cm³/mol. The highest BCUT2D eigenvalue weighted by molar-refractivity contribution is 5.80. The summed E-state index contributed by atoms with van der Waals surface area (Å²) in [7, 11) is 0. The summed E-state index contributed by atoms with van der Waals surface area (Å²) in [5.41, 5.74) is 5.42. The van der Waals surface area contributed by atoms with Crippen LogP contribution in [0.5, 0.6) is 0 Å². The van der Waals surface area contributed by atoms with Gasteiger partial charge in [0.15, 0.2) is 0 Å². The standard InChI is InChI=1S/C10H21N3O2/c1-8(6-10(11)13-14)12-7-9-2-4-15-5-3-9/h8-9,12,14H,2-7H2,1H3,(H2,11,13). The molecular weight excluding hydrogens is 194 g/mol. The average molecular weight is 215 g/mol. The Morgan fingerprint density at radius 2 is 2.27 bits per heavy atom. The first-order valence-corrected chi connectivity index (χ1v) is 5.50. The van der Waals surface area contributed by atoms with E-state index in [1.165, 1.54) is 0 Å². The zero-order valence-electron chi connectivity index (χ0n) is 9.28. The van der Waals surface area contributed by atoms with Crippen molar-refractivity contribution in [2.24, 2.45) is 16.8 Å². The number of hydrogen-bond donors (Lipinski definition) is 3. The second-order valence-electron chi connectivity index (χ2n) is 4.16. The summed E-state index contributed by atoms with van der Waals surface area (Å²) >= 11 is 0. The van der Waals surface area contributed by atoms with E-state index in [2.05, 4.69) is 10.5 Å². The number of amidine groups is 1. The van der Waals surface area contributed by atoms with Crippen molar-refractivity contribution >= 4 is 5.84 Å². The minimum atomic E-state index is 0.253. The second-order valence-corrected chi connectivity index (χ2v) is 4.16. The summed E-state index contributed by atoms with van der Waals surface area (Å²) in [4.78, 5) is 0. The fourth-order valence-electron chi connectivity index (χ4n) is 1.75. The van der Waals surface area contributed by atoms with E-state index in [1.807, 2.05) is 6.92 Å². The van der Waals surface area contributed by atoms with Gasteiger partial charge in [-0.25, -0.2) is 0 Å². The number of nitrogens with one attached hydrogen (secondary N) is 1. The van der Waals surface area contributed by atoms with Crippen LogP contribution in [0.25, 0.3) is 0 Å². The molecule has 4 N–H and O–H groups in total. The van der Waals surface area contributed by atoms with Crippen LogP contribution in [0.4, 0.5) is 0 Å². The van der Waals surface area contributed by atoms with Gasteiger partial charge in [0.25, 0.3) is 0 Å². The van der Waals surface area contributed by atoms with Gasteiger partial charge < -0.3 is 21.0 Å². The molecule has 1 aliphatic rings. The third-order valence-corrected chi connectivity index (χ3v) is 2.74. The normalized spacial score (nSPS) is 21.5. The van der Waals surface area contributed by atoms with Crippen molar-refractivity contribution < 1.29 is 9.94 Å². The van der Waals surface area contributed by atoms with Gasteiger partial charge in [-0.2, -0.15) is 0 Å². The number of ether oxygens (including phenoxy) is 1. The number of rotatable bonds is 5. The van der Waals surface area contributed by atoms with Crippen LogP contribution < -0.4 is 11.1 Å². The maximum atomic E-state index is 8.42. The van der Waals surface area contributed by atoms with E-state index in [-0.39, 0.29) is 11.9 Å². The maximum Gasteiger partial charge on any atom is 0.140 e. The van der Waals surface area contributed by atoms with Crippen molar-refractivity contribution in [1.82, 2.24) is 5.32 Å². The van der Waals surface area contributed by atoms with Crippen molar-refractivity contribution in [2.75, 3.05) is 19.8 Å². The smallest absolute Gasteiger partial charge is 0.140 e. The number of oxime groups is 1. The van der Waals surface area contributed by atoms with Crippen LogP contribution in [0.15, 0.2) is 5.16 Å². The Balaban J connectivity index is 2.12. The Morgan fingerprint density at radius 3 is 2.87 bits per heavy atom. The molecule has 1 saturated heterocycles. The van der Waals surface area contributed by atoms with Gasteiger partial charge in [-0.05, 0) is 32.2 Å². The van der Waals surface area contributed by atoms with Crippen molar-refractivity contribution in [2.45, 2.75) is 32.2 Å². The van der Waals surface area contributed by atoms with E-state index in [1.54, 1.807) is 0 Å². The quantitative estimate of drug-likeness (QED) is 0.270. The molecule has 1 aliphatic heterocycles. The molecule has 1 fully saturated rings. The molecular formula is C10H21N3O2. The van der Waals surface area contributed by atoms with Crippen molar-refractivity contribution in [1.29, 1.82) is 0 Å². The molecule has 1 heterocycles. The number of nitrogens with zero attached hydrogens (tertiary/aromatic N) is 1. The van der Waals surface area contributed by atoms with Crippen LogP contribution in [0.3, 0.4) is 0 Å². The molecule has 15 heavy (non-hydrogen) atoms. The first-order valence-electron chi connectivity index (χ1n) is 5.50. The second kappa shape index (κ2) is 6.63.